The Balaban J connectivity index is 4.16. The van der Waals surface area contributed by atoms with Crippen LogP contribution in [0.1, 0.15) is 13.8 Å². The highest BCUT2D eigenvalue weighted by Crippen LogP contribution is 2.33. The monoisotopic (exact) mass is 264 g/mol. The lowest BCUT2D eigenvalue weighted by Gasteiger charge is -2.23. The van der Waals surface area contributed by atoms with E-state index in [1.807, 2.05) is 0 Å². The van der Waals surface area contributed by atoms with Gasteiger partial charge < -0.3 is 14.2 Å². The normalized spacial score (nSPS) is 13.5. The number of hydrogen-bond donors (Lipinski definition) is 0. The molecule has 0 aromatic carbocycles. The van der Waals surface area contributed by atoms with E-state index in [1.54, 1.807) is 13.8 Å². The highest BCUT2D eigenvalue weighted by molar-refractivity contribution is 6.68. The molecule has 0 amide bonds. The maximum atomic E-state index is 10.9. The number of carbonyl (C=O) groups excluding carboxylic acids is 1. The summed E-state index contributed by atoms with van der Waals surface area (Å²) in [6.45, 7) is 3.74. The third kappa shape index (κ3) is 5.75. The van der Waals surface area contributed by atoms with Gasteiger partial charge in [-0.25, -0.2) is 4.79 Å². The van der Waals surface area contributed by atoms with Crippen molar-refractivity contribution in [2.24, 2.45) is 0 Å². The molecule has 0 saturated heterocycles. The van der Waals surface area contributed by atoms with Crippen molar-refractivity contribution in [3.63, 3.8) is 0 Å². The summed E-state index contributed by atoms with van der Waals surface area (Å²) in [5, 5.41) is 0. The standard InChI is InChI=1S/C7H11Cl3O4/c1-3-12-5(7(8,9)10)14-6(11)13-4-2/h5H,3-4H2,1-2H3. The molecule has 0 fully saturated rings. The fourth-order valence-electron chi connectivity index (χ4n) is 0.586. The Labute approximate surface area is 97.3 Å². The molecule has 0 spiro atoms. The van der Waals surface area contributed by atoms with Crippen LogP contribution < -0.4 is 0 Å². The van der Waals surface area contributed by atoms with Gasteiger partial charge in [0.05, 0.1) is 6.61 Å². The third-order valence-corrected chi connectivity index (χ3v) is 1.59. The second-order valence-corrected chi connectivity index (χ2v) is 4.50. The number of alkyl halides is 3. The van der Waals surface area contributed by atoms with E-state index in [0.717, 1.165) is 0 Å². The number of carbonyl (C=O) groups is 1. The Morgan fingerprint density at radius 1 is 1.29 bits per heavy atom. The summed E-state index contributed by atoms with van der Waals surface area (Å²) in [6, 6.07) is 0. The van der Waals surface area contributed by atoms with Crippen molar-refractivity contribution in [1.29, 1.82) is 0 Å². The van der Waals surface area contributed by atoms with Crippen molar-refractivity contribution < 1.29 is 19.0 Å². The second kappa shape index (κ2) is 6.56. The minimum Gasteiger partial charge on any atom is -0.435 e. The fourth-order valence-corrected chi connectivity index (χ4v) is 0.909. The lowest BCUT2D eigenvalue weighted by atomic mass is 10.7. The predicted octanol–water partition coefficient (Wildman–Crippen LogP) is 2.89. The van der Waals surface area contributed by atoms with E-state index in [0.29, 0.717) is 0 Å². The first kappa shape index (κ1) is 14.1. The van der Waals surface area contributed by atoms with Gasteiger partial charge in [0.2, 0.25) is 0 Å². The lowest BCUT2D eigenvalue weighted by molar-refractivity contribution is -0.115. The van der Waals surface area contributed by atoms with Gasteiger partial charge in [-0.1, -0.05) is 34.8 Å². The number of hydrogen-bond acceptors (Lipinski definition) is 4. The average Bonchev–Trinajstić information content (AvgIpc) is 2.02. The highest BCUT2D eigenvalue weighted by atomic mass is 35.6. The Bertz CT molecular complexity index is 180. The van der Waals surface area contributed by atoms with Crippen molar-refractivity contribution in [2.45, 2.75) is 23.9 Å². The van der Waals surface area contributed by atoms with Crippen molar-refractivity contribution in [1.82, 2.24) is 0 Å². The molecule has 0 N–H and O–H groups in total. The molecule has 0 radical (unpaired) electrons. The smallest absolute Gasteiger partial charge is 0.435 e. The molecule has 1 unspecified atom stereocenters. The van der Waals surface area contributed by atoms with E-state index in [2.05, 4.69) is 9.47 Å². The first-order valence-electron chi connectivity index (χ1n) is 3.93. The predicted molar refractivity (Wildman–Crippen MR) is 53.8 cm³/mol. The Morgan fingerprint density at radius 2 is 1.86 bits per heavy atom. The van der Waals surface area contributed by atoms with Crippen LogP contribution in [-0.2, 0) is 14.2 Å². The quantitative estimate of drug-likeness (QED) is 0.445. The first-order valence-corrected chi connectivity index (χ1v) is 5.06. The summed E-state index contributed by atoms with van der Waals surface area (Å²) in [5.41, 5.74) is 0. The molecular weight excluding hydrogens is 254 g/mol. The Morgan fingerprint density at radius 3 is 2.21 bits per heavy atom. The van der Waals surface area contributed by atoms with Crippen molar-refractivity contribution in [2.75, 3.05) is 13.2 Å². The fraction of sp³-hybridized carbons (Fsp3) is 0.857. The van der Waals surface area contributed by atoms with Gasteiger partial charge in [-0.3, -0.25) is 0 Å². The van der Waals surface area contributed by atoms with E-state index in [1.165, 1.54) is 0 Å². The molecule has 14 heavy (non-hydrogen) atoms. The zero-order valence-corrected chi connectivity index (χ0v) is 10.0. The Hall–Kier alpha value is 0.1000. The maximum Gasteiger partial charge on any atom is 0.510 e. The van der Waals surface area contributed by atoms with Crippen LogP contribution in [0.5, 0.6) is 0 Å². The Kier molecular flexibility index (Phi) is 6.61. The topological polar surface area (TPSA) is 44.8 Å². The number of ether oxygens (including phenoxy) is 3. The van der Waals surface area contributed by atoms with Crippen LogP contribution in [0.2, 0.25) is 0 Å². The zero-order valence-electron chi connectivity index (χ0n) is 7.76. The maximum absolute atomic E-state index is 10.9. The summed E-state index contributed by atoms with van der Waals surface area (Å²) >= 11 is 16.5. The van der Waals surface area contributed by atoms with Gasteiger partial charge in [0, 0.05) is 6.61 Å². The van der Waals surface area contributed by atoms with Crippen molar-refractivity contribution in [3.05, 3.63) is 0 Å². The van der Waals surface area contributed by atoms with Crippen molar-refractivity contribution >= 4 is 41.0 Å². The number of halogens is 3. The summed E-state index contributed by atoms with van der Waals surface area (Å²) in [5.74, 6) is 0. The first-order chi connectivity index (χ1) is 6.41. The lowest BCUT2D eigenvalue weighted by Crippen LogP contribution is -2.34. The molecule has 84 valence electrons. The summed E-state index contributed by atoms with van der Waals surface area (Å²) in [6.07, 6.45) is -2.20. The molecule has 0 heterocycles. The molecule has 0 aromatic rings. The van der Waals surface area contributed by atoms with Crippen molar-refractivity contribution in [3.8, 4) is 0 Å². The van der Waals surface area contributed by atoms with Gasteiger partial charge in [0.25, 0.3) is 10.1 Å². The van der Waals surface area contributed by atoms with Gasteiger partial charge in [0.15, 0.2) is 0 Å². The van der Waals surface area contributed by atoms with Crippen LogP contribution in [-0.4, -0.2) is 29.5 Å². The van der Waals surface area contributed by atoms with Crippen LogP contribution in [0, 0.1) is 0 Å². The molecule has 7 heteroatoms. The van der Waals surface area contributed by atoms with E-state index < -0.39 is 16.2 Å². The minimum atomic E-state index is -1.83. The van der Waals surface area contributed by atoms with E-state index in [-0.39, 0.29) is 13.2 Å². The molecule has 0 aliphatic heterocycles. The third-order valence-electron chi connectivity index (χ3n) is 1.05. The van der Waals surface area contributed by atoms with Gasteiger partial charge in [-0.15, -0.1) is 0 Å². The molecule has 0 rings (SSSR count). The van der Waals surface area contributed by atoms with Gasteiger partial charge >= 0.3 is 6.16 Å². The molecule has 1 atom stereocenters. The van der Waals surface area contributed by atoms with Crippen LogP contribution in [0.25, 0.3) is 0 Å². The highest BCUT2D eigenvalue weighted by Gasteiger charge is 2.37. The van der Waals surface area contributed by atoms with E-state index in [4.69, 9.17) is 39.5 Å². The molecule has 0 aliphatic carbocycles. The van der Waals surface area contributed by atoms with Gasteiger partial charge in [-0.05, 0) is 13.8 Å². The molecule has 0 bridgehead atoms. The van der Waals surface area contributed by atoms with Gasteiger partial charge in [0.1, 0.15) is 0 Å². The molecule has 0 saturated carbocycles. The summed E-state index contributed by atoms with van der Waals surface area (Å²) in [4.78, 5) is 10.9. The summed E-state index contributed by atoms with van der Waals surface area (Å²) < 4.78 is 12.2. The van der Waals surface area contributed by atoms with E-state index >= 15 is 0 Å². The molecule has 0 aromatic heterocycles. The molecular formula is C7H11Cl3O4. The van der Waals surface area contributed by atoms with Crippen LogP contribution in [0.15, 0.2) is 0 Å². The molecule has 0 aliphatic rings. The van der Waals surface area contributed by atoms with Crippen LogP contribution in [0.4, 0.5) is 4.79 Å². The minimum absolute atomic E-state index is 0.178. The summed E-state index contributed by atoms with van der Waals surface area (Å²) in [7, 11) is 0. The van der Waals surface area contributed by atoms with Crippen LogP contribution >= 0.6 is 34.8 Å². The SMILES string of the molecule is CCOC(=O)OC(OCC)C(Cl)(Cl)Cl. The van der Waals surface area contributed by atoms with Crippen LogP contribution in [0.3, 0.4) is 0 Å². The van der Waals surface area contributed by atoms with E-state index in [9.17, 15) is 4.79 Å². The average molecular weight is 266 g/mol. The van der Waals surface area contributed by atoms with Gasteiger partial charge in [-0.2, -0.15) is 0 Å². The second-order valence-electron chi connectivity index (χ2n) is 2.13. The molecule has 4 nitrogen and oxygen atoms in total. The number of rotatable bonds is 4. The zero-order chi connectivity index (χ0) is 11.2. The largest absolute Gasteiger partial charge is 0.510 e.